The third-order valence-corrected chi connectivity index (χ3v) is 6.98. The molecule has 2 unspecified atom stereocenters. The van der Waals surface area contributed by atoms with Crippen molar-refractivity contribution in [3.05, 3.63) is 102 Å². The Balaban J connectivity index is 1.54. The van der Waals surface area contributed by atoms with Crippen molar-refractivity contribution >= 4 is 6.21 Å². The average Bonchev–Trinajstić information content (AvgIpc) is 2.85. The molecule has 3 aliphatic rings. The van der Waals surface area contributed by atoms with Crippen LogP contribution in [0.4, 0.5) is 0 Å². The summed E-state index contributed by atoms with van der Waals surface area (Å²) in [5.74, 6) is 1.84. The van der Waals surface area contributed by atoms with Gasteiger partial charge in [-0.1, -0.05) is 72.8 Å². The van der Waals surface area contributed by atoms with Gasteiger partial charge in [0.25, 0.3) is 0 Å². The van der Waals surface area contributed by atoms with Gasteiger partial charge in [-0.3, -0.25) is 9.89 Å². The Labute approximate surface area is 185 Å². The first-order valence-electron chi connectivity index (χ1n) is 11.3. The first-order valence-corrected chi connectivity index (χ1v) is 11.3. The molecule has 0 radical (unpaired) electrons. The van der Waals surface area contributed by atoms with E-state index in [-0.39, 0.29) is 0 Å². The van der Waals surface area contributed by atoms with Gasteiger partial charge in [0, 0.05) is 18.2 Å². The van der Waals surface area contributed by atoms with Crippen LogP contribution in [0.25, 0.3) is 0 Å². The summed E-state index contributed by atoms with van der Waals surface area (Å²) in [6.45, 7) is 2.35. The largest absolute Gasteiger partial charge is 0.497 e. The van der Waals surface area contributed by atoms with E-state index in [1.807, 2.05) is 12.1 Å². The number of methoxy groups -OCH3 is 1. The van der Waals surface area contributed by atoms with Crippen LogP contribution in [-0.2, 0) is 0 Å². The quantitative estimate of drug-likeness (QED) is 0.508. The molecular formula is C28H30N2O. The fourth-order valence-electron chi connectivity index (χ4n) is 5.47. The number of rotatable bonds is 6. The zero-order chi connectivity index (χ0) is 21.0. The van der Waals surface area contributed by atoms with Gasteiger partial charge in [0.1, 0.15) is 5.75 Å². The molecule has 158 valence electrons. The van der Waals surface area contributed by atoms with Crippen molar-refractivity contribution < 1.29 is 4.74 Å². The third-order valence-electron chi connectivity index (χ3n) is 6.98. The van der Waals surface area contributed by atoms with Crippen LogP contribution in [0.2, 0.25) is 0 Å². The first-order chi connectivity index (χ1) is 15.3. The zero-order valence-electron chi connectivity index (χ0n) is 18.1. The maximum Gasteiger partial charge on any atom is 0.119 e. The number of aliphatic imine (C=N–C) groups is 1. The Morgan fingerprint density at radius 3 is 2.13 bits per heavy atom. The molecule has 2 atom stereocenters. The fourth-order valence-corrected chi connectivity index (χ4v) is 5.47. The Hall–Kier alpha value is -2.91. The number of ether oxygens (including phenoxy) is 1. The summed E-state index contributed by atoms with van der Waals surface area (Å²) in [7, 11) is 1.71. The van der Waals surface area contributed by atoms with Gasteiger partial charge in [-0.15, -0.1) is 0 Å². The van der Waals surface area contributed by atoms with Crippen LogP contribution in [0.3, 0.4) is 0 Å². The molecule has 3 heterocycles. The summed E-state index contributed by atoms with van der Waals surface area (Å²) in [6.07, 6.45) is 4.55. The van der Waals surface area contributed by atoms with Gasteiger partial charge in [-0.25, -0.2) is 0 Å². The molecule has 0 saturated carbocycles. The molecule has 2 bridgehead atoms. The van der Waals surface area contributed by atoms with Crippen molar-refractivity contribution in [1.29, 1.82) is 0 Å². The molecule has 0 N–H and O–H groups in total. The predicted molar refractivity (Wildman–Crippen MR) is 127 cm³/mol. The maximum absolute atomic E-state index is 5.40. The molecule has 3 aromatic carbocycles. The molecule has 3 aliphatic heterocycles. The molecule has 3 heteroatoms. The topological polar surface area (TPSA) is 24.8 Å². The predicted octanol–water partition coefficient (Wildman–Crippen LogP) is 5.41. The highest BCUT2D eigenvalue weighted by Crippen LogP contribution is 2.43. The van der Waals surface area contributed by atoms with E-state index in [9.17, 15) is 0 Å². The van der Waals surface area contributed by atoms with Crippen LogP contribution in [0.15, 0.2) is 89.9 Å². The summed E-state index contributed by atoms with van der Waals surface area (Å²) >= 11 is 0. The second-order valence-electron chi connectivity index (χ2n) is 8.71. The Kier molecular flexibility index (Phi) is 5.86. The van der Waals surface area contributed by atoms with Crippen molar-refractivity contribution in [2.45, 2.75) is 30.8 Å². The van der Waals surface area contributed by atoms with Crippen LogP contribution in [0, 0.1) is 5.92 Å². The minimum absolute atomic E-state index is 0.291. The van der Waals surface area contributed by atoms with E-state index >= 15 is 0 Å². The Bertz CT molecular complexity index is 970. The first kappa shape index (κ1) is 20.0. The fraction of sp³-hybridized carbons (Fsp3) is 0.321. The van der Waals surface area contributed by atoms with E-state index in [1.54, 1.807) is 7.11 Å². The maximum atomic E-state index is 5.40. The van der Waals surface area contributed by atoms with Gasteiger partial charge in [-0.05, 0) is 60.7 Å². The Morgan fingerprint density at radius 2 is 1.52 bits per heavy atom. The molecular weight excluding hydrogens is 380 g/mol. The van der Waals surface area contributed by atoms with Gasteiger partial charge < -0.3 is 4.74 Å². The van der Waals surface area contributed by atoms with Gasteiger partial charge in [0.2, 0.25) is 0 Å². The molecule has 0 aromatic heterocycles. The summed E-state index contributed by atoms with van der Waals surface area (Å²) in [4.78, 5) is 7.94. The summed E-state index contributed by atoms with van der Waals surface area (Å²) in [6, 6.07) is 30.8. The van der Waals surface area contributed by atoms with Crippen molar-refractivity contribution in [3.8, 4) is 5.75 Å². The van der Waals surface area contributed by atoms with Gasteiger partial charge in [0.05, 0.1) is 13.2 Å². The highest BCUT2D eigenvalue weighted by Gasteiger charge is 2.46. The van der Waals surface area contributed by atoms with E-state index in [1.165, 1.54) is 37.1 Å². The molecule has 6 rings (SSSR count). The SMILES string of the molecule is COc1cccc(C=NC2C3CCN(CC3)C2C(c2ccccc2)c2ccccc2)c1. The molecule has 0 spiro atoms. The minimum Gasteiger partial charge on any atom is -0.497 e. The number of fused-ring (bicyclic) bond motifs is 3. The van der Waals surface area contributed by atoms with Gasteiger partial charge >= 0.3 is 0 Å². The molecule has 3 nitrogen and oxygen atoms in total. The number of benzene rings is 3. The Morgan fingerprint density at radius 1 is 0.871 bits per heavy atom. The number of nitrogens with zero attached hydrogens (tertiary/aromatic N) is 2. The van der Waals surface area contributed by atoms with Crippen LogP contribution in [0.1, 0.15) is 35.4 Å². The lowest BCUT2D eigenvalue weighted by molar-refractivity contribution is 0.0215. The lowest BCUT2D eigenvalue weighted by Gasteiger charge is -2.52. The molecule has 0 amide bonds. The van der Waals surface area contributed by atoms with Crippen LogP contribution < -0.4 is 4.74 Å². The lowest BCUT2D eigenvalue weighted by atomic mass is 9.71. The van der Waals surface area contributed by atoms with E-state index < -0.39 is 0 Å². The molecule has 31 heavy (non-hydrogen) atoms. The van der Waals surface area contributed by atoms with E-state index in [2.05, 4.69) is 83.9 Å². The van der Waals surface area contributed by atoms with Crippen molar-refractivity contribution in [2.75, 3.05) is 20.2 Å². The van der Waals surface area contributed by atoms with E-state index in [0.717, 1.165) is 11.3 Å². The highest BCUT2D eigenvalue weighted by atomic mass is 16.5. The molecule has 3 saturated heterocycles. The molecule has 3 fully saturated rings. The second kappa shape index (κ2) is 9.07. The van der Waals surface area contributed by atoms with E-state index in [4.69, 9.17) is 9.73 Å². The summed E-state index contributed by atoms with van der Waals surface area (Å²) in [5.41, 5.74) is 3.87. The average molecular weight is 411 g/mol. The van der Waals surface area contributed by atoms with E-state index in [0.29, 0.717) is 23.9 Å². The normalized spacial score (nSPS) is 25.2. The number of hydrogen-bond acceptors (Lipinski definition) is 3. The van der Waals surface area contributed by atoms with Crippen molar-refractivity contribution in [3.63, 3.8) is 0 Å². The van der Waals surface area contributed by atoms with Crippen molar-refractivity contribution in [1.82, 2.24) is 4.90 Å². The minimum atomic E-state index is 0.291. The second-order valence-corrected chi connectivity index (χ2v) is 8.71. The monoisotopic (exact) mass is 410 g/mol. The zero-order valence-corrected chi connectivity index (χ0v) is 18.1. The van der Waals surface area contributed by atoms with Crippen LogP contribution in [0.5, 0.6) is 5.75 Å². The van der Waals surface area contributed by atoms with Crippen LogP contribution in [-0.4, -0.2) is 43.4 Å². The van der Waals surface area contributed by atoms with Crippen LogP contribution >= 0.6 is 0 Å². The number of piperidine rings is 3. The van der Waals surface area contributed by atoms with Crippen molar-refractivity contribution in [2.24, 2.45) is 10.9 Å². The summed E-state index contributed by atoms with van der Waals surface area (Å²) in [5, 5.41) is 0. The standard InChI is InChI=1S/C28H30N2O/c1-31-25-14-8-9-21(19-25)20-29-27-24-15-17-30(18-16-24)28(27)26(22-10-4-2-5-11-22)23-12-6-3-7-13-23/h2-14,19-20,24,26-28H,15-18H2,1H3. The third kappa shape index (κ3) is 4.15. The molecule has 0 aliphatic carbocycles. The van der Waals surface area contributed by atoms with Gasteiger partial charge in [-0.2, -0.15) is 0 Å². The number of hydrogen-bond donors (Lipinski definition) is 0. The summed E-state index contributed by atoms with van der Waals surface area (Å²) < 4.78 is 5.40. The molecule has 3 aromatic rings. The lowest BCUT2D eigenvalue weighted by Crippen LogP contribution is -2.59. The highest BCUT2D eigenvalue weighted by molar-refractivity contribution is 5.80. The smallest absolute Gasteiger partial charge is 0.119 e. The van der Waals surface area contributed by atoms with Gasteiger partial charge in [0.15, 0.2) is 0 Å².